The molecule has 0 bridgehead atoms. The normalized spacial score (nSPS) is 13.4. The van der Waals surface area contributed by atoms with Crippen molar-refractivity contribution in [3.8, 4) is 11.5 Å². The van der Waals surface area contributed by atoms with Crippen molar-refractivity contribution >= 4 is 23.6 Å². The lowest BCUT2D eigenvalue weighted by Gasteiger charge is -2.18. The second-order valence-corrected chi connectivity index (χ2v) is 5.66. The third-order valence-corrected chi connectivity index (χ3v) is 3.67. The Balaban J connectivity index is 1.48. The molecule has 0 radical (unpaired) electrons. The Labute approximate surface area is 155 Å². The Hall–Kier alpha value is -3.55. The number of amides is 2. The van der Waals surface area contributed by atoms with E-state index in [4.69, 9.17) is 13.9 Å². The van der Waals surface area contributed by atoms with Gasteiger partial charge in [-0.05, 0) is 43.3 Å². The average molecular weight is 369 g/mol. The zero-order chi connectivity index (χ0) is 19.1. The summed E-state index contributed by atoms with van der Waals surface area (Å²) >= 11 is 0. The molecule has 0 fully saturated rings. The van der Waals surface area contributed by atoms with Crippen LogP contribution in [0.15, 0.2) is 52.2 Å². The molecule has 0 unspecified atom stereocenters. The molecular formula is C19H19N3O5. The molecule has 2 heterocycles. The maximum atomic E-state index is 11.8. The number of ether oxygens (including phenoxy) is 2. The van der Waals surface area contributed by atoms with Crippen LogP contribution in [0.3, 0.4) is 0 Å². The van der Waals surface area contributed by atoms with Crippen molar-refractivity contribution in [3.63, 3.8) is 0 Å². The van der Waals surface area contributed by atoms with Gasteiger partial charge < -0.3 is 19.2 Å². The number of carbonyl (C=O) groups excluding carboxylic acids is 2. The second kappa shape index (κ2) is 8.70. The molecule has 0 saturated carbocycles. The zero-order valence-electron chi connectivity index (χ0n) is 14.7. The van der Waals surface area contributed by atoms with Gasteiger partial charge in [-0.1, -0.05) is 0 Å². The van der Waals surface area contributed by atoms with Crippen molar-refractivity contribution in [1.82, 2.24) is 10.7 Å². The van der Waals surface area contributed by atoms with Gasteiger partial charge in [-0.15, -0.1) is 0 Å². The van der Waals surface area contributed by atoms with E-state index < -0.39 is 11.8 Å². The highest BCUT2D eigenvalue weighted by Gasteiger charge is 2.12. The third kappa shape index (κ3) is 5.21. The van der Waals surface area contributed by atoms with Gasteiger partial charge in [-0.2, -0.15) is 5.10 Å². The molecule has 8 nitrogen and oxygen atoms in total. The fraction of sp³-hybridized carbons (Fsp3) is 0.211. The monoisotopic (exact) mass is 369 g/mol. The van der Waals surface area contributed by atoms with Crippen LogP contribution >= 0.6 is 0 Å². The lowest BCUT2D eigenvalue weighted by Crippen LogP contribution is -2.34. The molecule has 140 valence electrons. The minimum atomic E-state index is -0.438. The summed E-state index contributed by atoms with van der Waals surface area (Å²) in [4.78, 5) is 23.5. The van der Waals surface area contributed by atoms with Crippen LogP contribution < -0.4 is 20.2 Å². The number of hydrogen-bond donors (Lipinski definition) is 2. The summed E-state index contributed by atoms with van der Waals surface area (Å²) in [6.45, 7) is 2.59. The van der Waals surface area contributed by atoms with Crippen molar-refractivity contribution in [3.05, 3.63) is 54.0 Å². The Morgan fingerprint density at radius 2 is 2.00 bits per heavy atom. The van der Waals surface area contributed by atoms with Crippen LogP contribution in [0.2, 0.25) is 0 Å². The highest BCUT2D eigenvalue weighted by molar-refractivity contribution is 6.00. The van der Waals surface area contributed by atoms with Crippen LogP contribution in [0.25, 0.3) is 6.08 Å². The minimum Gasteiger partial charge on any atom is -0.486 e. The van der Waals surface area contributed by atoms with E-state index >= 15 is 0 Å². The maximum Gasteiger partial charge on any atom is 0.259 e. The zero-order valence-corrected chi connectivity index (χ0v) is 14.7. The van der Waals surface area contributed by atoms with E-state index in [-0.39, 0.29) is 6.54 Å². The topological polar surface area (TPSA) is 102 Å². The summed E-state index contributed by atoms with van der Waals surface area (Å²) in [7, 11) is 0. The van der Waals surface area contributed by atoms with E-state index in [1.807, 2.05) is 6.07 Å². The predicted molar refractivity (Wildman–Crippen MR) is 98.5 cm³/mol. The lowest BCUT2D eigenvalue weighted by molar-refractivity contribution is -0.123. The van der Waals surface area contributed by atoms with Gasteiger partial charge in [-0.25, -0.2) is 5.43 Å². The molecule has 1 aromatic heterocycles. The molecular weight excluding hydrogens is 350 g/mol. The highest BCUT2D eigenvalue weighted by atomic mass is 16.6. The fourth-order valence-electron chi connectivity index (χ4n) is 2.29. The summed E-state index contributed by atoms with van der Waals surface area (Å²) in [5, 5.41) is 6.51. The Morgan fingerprint density at radius 3 is 2.78 bits per heavy atom. The first-order valence-electron chi connectivity index (χ1n) is 8.34. The quantitative estimate of drug-likeness (QED) is 0.459. The first kappa shape index (κ1) is 18.2. The van der Waals surface area contributed by atoms with Crippen molar-refractivity contribution < 1.29 is 23.5 Å². The van der Waals surface area contributed by atoms with Crippen molar-refractivity contribution in [2.45, 2.75) is 6.92 Å². The van der Waals surface area contributed by atoms with Crippen molar-refractivity contribution in [2.24, 2.45) is 5.10 Å². The summed E-state index contributed by atoms with van der Waals surface area (Å²) in [5.41, 5.74) is 3.80. The number of benzene rings is 1. The van der Waals surface area contributed by atoms with Gasteiger partial charge in [0.15, 0.2) is 11.5 Å². The third-order valence-electron chi connectivity index (χ3n) is 3.67. The van der Waals surface area contributed by atoms with Gasteiger partial charge in [-0.3, -0.25) is 9.59 Å². The SMILES string of the molecule is C/C(=N/NC(=O)CNC(=O)/C=C/c1ccco1)c1ccc2c(c1)OCCO2. The minimum absolute atomic E-state index is 0.195. The summed E-state index contributed by atoms with van der Waals surface area (Å²) < 4.78 is 16.1. The van der Waals surface area contributed by atoms with Gasteiger partial charge in [0.2, 0.25) is 5.91 Å². The largest absolute Gasteiger partial charge is 0.486 e. The number of hydrogen-bond acceptors (Lipinski definition) is 6. The summed E-state index contributed by atoms with van der Waals surface area (Å²) in [6, 6.07) is 8.87. The molecule has 1 aromatic carbocycles. The predicted octanol–water partition coefficient (Wildman–Crippen LogP) is 1.72. The smallest absolute Gasteiger partial charge is 0.259 e. The van der Waals surface area contributed by atoms with Crippen LogP contribution in [-0.4, -0.2) is 37.3 Å². The summed E-state index contributed by atoms with van der Waals surface area (Å²) in [5.74, 6) is 1.04. The first-order valence-corrected chi connectivity index (χ1v) is 8.34. The molecule has 3 rings (SSSR count). The number of carbonyl (C=O) groups is 2. The molecule has 2 aromatic rings. The van der Waals surface area contributed by atoms with Crippen LogP contribution in [0, 0.1) is 0 Å². The summed E-state index contributed by atoms with van der Waals surface area (Å²) in [6.07, 6.45) is 4.31. The van der Waals surface area contributed by atoms with Gasteiger partial charge >= 0.3 is 0 Å². The Kier molecular flexibility index (Phi) is 5.88. The molecule has 0 spiro atoms. The molecule has 0 saturated heterocycles. The van der Waals surface area contributed by atoms with Crippen molar-refractivity contribution in [1.29, 1.82) is 0 Å². The Morgan fingerprint density at radius 1 is 1.19 bits per heavy atom. The molecule has 1 aliphatic rings. The van der Waals surface area contributed by atoms with E-state index in [0.29, 0.717) is 36.2 Å². The fourth-order valence-corrected chi connectivity index (χ4v) is 2.29. The lowest BCUT2D eigenvalue weighted by atomic mass is 10.1. The van der Waals surface area contributed by atoms with Gasteiger partial charge in [0.25, 0.3) is 5.91 Å². The van der Waals surface area contributed by atoms with Crippen LogP contribution in [-0.2, 0) is 9.59 Å². The van der Waals surface area contributed by atoms with E-state index in [9.17, 15) is 9.59 Å². The molecule has 8 heteroatoms. The van der Waals surface area contributed by atoms with E-state index in [1.54, 1.807) is 31.2 Å². The number of nitrogens with one attached hydrogen (secondary N) is 2. The molecule has 1 aliphatic heterocycles. The average Bonchev–Trinajstić information content (AvgIpc) is 3.22. The number of hydrazone groups is 1. The highest BCUT2D eigenvalue weighted by Crippen LogP contribution is 2.30. The standard InChI is InChI=1S/C19H19N3O5/c1-13(14-4-6-16-17(11-14)27-10-9-26-16)21-22-19(24)12-20-18(23)7-5-15-3-2-8-25-15/h2-8,11H,9-10,12H2,1H3,(H,20,23)(H,22,24)/b7-5+,21-13-. The van der Waals surface area contributed by atoms with Crippen LogP contribution in [0.1, 0.15) is 18.2 Å². The van der Waals surface area contributed by atoms with Crippen LogP contribution in [0.5, 0.6) is 11.5 Å². The number of furan rings is 1. The molecule has 2 amide bonds. The molecule has 0 atom stereocenters. The molecule has 27 heavy (non-hydrogen) atoms. The first-order chi connectivity index (χ1) is 13.1. The van der Waals surface area contributed by atoms with E-state index in [2.05, 4.69) is 15.8 Å². The molecule has 2 N–H and O–H groups in total. The molecule has 0 aliphatic carbocycles. The van der Waals surface area contributed by atoms with E-state index in [1.165, 1.54) is 18.4 Å². The number of fused-ring (bicyclic) bond motifs is 1. The maximum absolute atomic E-state index is 11.8. The van der Waals surface area contributed by atoms with Crippen molar-refractivity contribution in [2.75, 3.05) is 19.8 Å². The number of nitrogens with zero attached hydrogens (tertiary/aromatic N) is 1. The Bertz CT molecular complexity index is 871. The van der Waals surface area contributed by atoms with Gasteiger partial charge in [0, 0.05) is 11.6 Å². The number of rotatable bonds is 6. The van der Waals surface area contributed by atoms with Crippen LogP contribution in [0.4, 0.5) is 0 Å². The van der Waals surface area contributed by atoms with Gasteiger partial charge in [0.1, 0.15) is 19.0 Å². The van der Waals surface area contributed by atoms with Gasteiger partial charge in [0.05, 0.1) is 18.5 Å². The van der Waals surface area contributed by atoms with E-state index in [0.717, 1.165) is 5.56 Å². The second-order valence-electron chi connectivity index (χ2n) is 5.66.